The zero-order valence-corrected chi connectivity index (χ0v) is 13.2. The maximum atomic E-state index is 11.9. The van der Waals surface area contributed by atoms with E-state index in [0.717, 1.165) is 30.2 Å². The molecule has 0 saturated carbocycles. The summed E-state index contributed by atoms with van der Waals surface area (Å²) in [5.41, 5.74) is 3.38. The molecule has 0 atom stereocenters. The van der Waals surface area contributed by atoms with Crippen LogP contribution in [0.25, 0.3) is 10.8 Å². The lowest BCUT2D eigenvalue weighted by molar-refractivity contribution is 0.252. The first kappa shape index (κ1) is 14.8. The molecule has 22 heavy (non-hydrogen) atoms. The summed E-state index contributed by atoms with van der Waals surface area (Å²) in [6.45, 7) is 0.103. The van der Waals surface area contributed by atoms with E-state index < -0.39 is 9.84 Å². The van der Waals surface area contributed by atoms with Gasteiger partial charge in [-0.05, 0) is 35.4 Å². The van der Waals surface area contributed by atoms with Gasteiger partial charge in [0.25, 0.3) is 0 Å². The molecule has 2 amide bonds. The van der Waals surface area contributed by atoms with Crippen LogP contribution in [0.2, 0.25) is 0 Å². The molecule has 0 saturated heterocycles. The van der Waals surface area contributed by atoms with E-state index in [0.29, 0.717) is 0 Å². The number of amides is 2. The summed E-state index contributed by atoms with van der Waals surface area (Å²) < 4.78 is 22.1. The number of hydrogen-bond acceptors (Lipinski definition) is 3. The quantitative estimate of drug-likeness (QED) is 0.906. The first-order chi connectivity index (χ1) is 10.4. The van der Waals surface area contributed by atoms with Gasteiger partial charge in [-0.2, -0.15) is 0 Å². The lowest BCUT2D eigenvalue weighted by Crippen LogP contribution is -2.32. The van der Waals surface area contributed by atoms with E-state index in [1.165, 1.54) is 16.5 Å². The Hall–Kier alpha value is -2.08. The number of sulfone groups is 1. The third-order valence-electron chi connectivity index (χ3n) is 3.88. The van der Waals surface area contributed by atoms with Gasteiger partial charge in [-0.15, -0.1) is 0 Å². The highest BCUT2D eigenvalue weighted by molar-refractivity contribution is 7.90. The van der Waals surface area contributed by atoms with E-state index in [1.807, 2.05) is 24.3 Å². The minimum Gasteiger partial charge on any atom is -0.337 e. The second-order valence-corrected chi connectivity index (χ2v) is 7.88. The van der Waals surface area contributed by atoms with Gasteiger partial charge in [-0.1, -0.05) is 24.3 Å². The largest absolute Gasteiger partial charge is 0.337 e. The van der Waals surface area contributed by atoms with Gasteiger partial charge in [0, 0.05) is 18.2 Å². The van der Waals surface area contributed by atoms with Crippen LogP contribution in [-0.4, -0.2) is 33.0 Å². The number of anilines is 1. The van der Waals surface area contributed by atoms with Crippen molar-refractivity contribution in [3.8, 4) is 0 Å². The second-order valence-electron chi connectivity index (χ2n) is 5.62. The monoisotopic (exact) mass is 318 g/mol. The van der Waals surface area contributed by atoms with Crippen molar-refractivity contribution in [3.05, 3.63) is 41.5 Å². The van der Waals surface area contributed by atoms with Gasteiger partial charge >= 0.3 is 6.03 Å². The van der Waals surface area contributed by atoms with Crippen molar-refractivity contribution >= 4 is 32.3 Å². The van der Waals surface area contributed by atoms with Gasteiger partial charge in [0.05, 0.1) is 11.4 Å². The lowest BCUT2D eigenvalue weighted by Gasteiger charge is -2.11. The Kier molecular flexibility index (Phi) is 3.78. The average Bonchev–Trinajstić information content (AvgIpc) is 2.85. The molecule has 0 radical (unpaired) electrons. The zero-order chi connectivity index (χ0) is 15.7. The summed E-state index contributed by atoms with van der Waals surface area (Å²) in [7, 11) is -3.07. The fraction of sp³-hybridized carbons (Fsp3) is 0.312. The number of carbonyl (C=O) groups excluding carboxylic acids is 1. The van der Waals surface area contributed by atoms with Crippen molar-refractivity contribution in [2.24, 2.45) is 0 Å². The molecule has 0 fully saturated rings. The van der Waals surface area contributed by atoms with Gasteiger partial charge in [0.2, 0.25) is 0 Å². The van der Waals surface area contributed by atoms with E-state index in [-0.39, 0.29) is 18.3 Å². The Labute approximate surface area is 129 Å². The van der Waals surface area contributed by atoms with Crippen LogP contribution in [0.4, 0.5) is 10.5 Å². The van der Waals surface area contributed by atoms with Gasteiger partial charge in [0.15, 0.2) is 0 Å². The molecule has 0 heterocycles. The number of rotatable bonds is 4. The summed E-state index contributed by atoms with van der Waals surface area (Å²) in [5, 5.41) is 7.64. The van der Waals surface area contributed by atoms with E-state index in [4.69, 9.17) is 0 Å². The van der Waals surface area contributed by atoms with Crippen molar-refractivity contribution < 1.29 is 13.2 Å². The molecule has 3 rings (SSSR count). The molecule has 0 aromatic heterocycles. The summed E-state index contributed by atoms with van der Waals surface area (Å²) in [5.74, 6) is -0.0652. The number of carbonyl (C=O) groups is 1. The van der Waals surface area contributed by atoms with Crippen molar-refractivity contribution in [3.63, 3.8) is 0 Å². The Morgan fingerprint density at radius 2 is 1.86 bits per heavy atom. The number of benzene rings is 2. The normalized spacial score (nSPS) is 13.3. The van der Waals surface area contributed by atoms with Gasteiger partial charge in [0.1, 0.15) is 9.84 Å². The topological polar surface area (TPSA) is 75.3 Å². The minimum atomic E-state index is -3.07. The van der Waals surface area contributed by atoms with E-state index in [1.54, 1.807) is 0 Å². The second kappa shape index (κ2) is 5.61. The lowest BCUT2D eigenvalue weighted by atomic mass is 10.0. The third kappa shape index (κ3) is 3.06. The SMILES string of the molecule is CS(=O)(=O)CCNC(=O)Nc1ccc2c3c(cccc13)CC2. The Bertz CT molecular complexity index is 834. The van der Waals surface area contributed by atoms with Gasteiger partial charge < -0.3 is 10.6 Å². The van der Waals surface area contributed by atoms with Gasteiger partial charge in [-0.25, -0.2) is 13.2 Å². The molecule has 2 aromatic rings. The zero-order valence-electron chi connectivity index (χ0n) is 12.3. The van der Waals surface area contributed by atoms with Crippen LogP contribution in [0, 0.1) is 0 Å². The van der Waals surface area contributed by atoms with Crippen molar-refractivity contribution in [1.82, 2.24) is 5.32 Å². The Morgan fingerprint density at radius 3 is 2.59 bits per heavy atom. The van der Waals surface area contributed by atoms with Crippen molar-refractivity contribution in [1.29, 1.82) is 0 Å². The number of aryl methyl sites for hydroxylation is 2. The molecule has 1 aliphatic carbocycles. The van der Waals surface area contributed by atoms with Crippen molar-refractivity contribution in [2.45, 2.75) is 12.8 Å². The highest BCUT2D eigenvalue weighted by atomic mass is 32.2. The van der Waals surface area contributed by atoms with Crippen LogP contribution >= 0.6 is 0 Å². The summed E-state index contributed by atoms with van der Waals surface area (Å²) in [6, 6.07) is 9.68. The van der Waals surface area contributed by atoms with Crippen LogP contribution in [0.3, 0.4) is 0 Å². The maximum absolute atomic E-state index is 11.9. The van der Waals surface area contributed by atoms with E-state index >= 15 is 0 Å². The van der Waals surface area contributed by atoms with Gasteiger partial charge in [-0.3, -0.25) is 0 Å². The summed E-state index contributed by atoms with van der Waals surface area (Å²) in [4.78, 5) is 11.9. The van der Waals surface area contributed by atoms with Crippen LogP contribution < -0.4 is 10.6 Å². The molecule has 0 unspecified atom stereocenters. The average molecular weight is 318 g/mol. The minimum absolute atomic E-state index is 0.0652. The first-order valence-corrected chi connectivity index (χ1v) is 9.26. The highest BCUT2D eigenvalue weighted by Gasteiger charge is 2.16. The first-order valence-electron chi connectivity index (χ1n) is 7.20. The highest BCUT2D eigenvalue weighted by Crippen LogP contribution is 2.34. The molecule has 0 spiro atoms. The molecule has 116 valence electrons. The number of urea groups is 1. The van der Waals surface area contributed by atoms with Crippen LogP contribution in [-0.2, 0) is 22.7 Å². The Balaban J connectivity index is 1.76. The fourth-order valence-corrected chi connectivity index (χ4v) is 3.35. The van der Waals surface area contributed by atoms with E-state index in [2.05, 4.69) is 16.7 Å². The van der Waals surface area contributed by atoms with E-state index in [9.17, 15) is 13.2 Å². The molecule has 2 aromatic carbocycles. The molecule has 5 nitrogen and oxygen atoms in total. The molecule has 2 N–H and O–H groups in total. The molecule has 0 aliphatic heterocycles. The summed E-state index contributed by atoms with van der Waals surface area (Å²) in [6.07, 6.45) is 3.23. The number of nitrogens with one attached hydrogen (secondary N) is 2. The predicted octanol–water partition coefficient (Wildman–Crippen LogP) is 2.10. The van der Waals surface area contributed by atoms with Crippen LogP contribution in [0.15, 0.2) is 30.3 Å². The third-order valence-corrected chi connectivity index (χ3v) is 4.83. The van der Waals surface area contributed by atoms with Crippen LogP contribution in [0.5, 0.6) is 0 Å². The van der Waals surface area contributed by atoms with Crippen molar-refractivity contribution in [2.75, 3.05) is 23.9 Å². The van der Waals surface area contributed by atoms with Crippen LogP contribution in [0.1, 0.15) is 11.1 Å². The maximum Gasteiger partial charge on any atom is 0.319 e. The predicted molar refractivity (Wildman–Crippen MR) is 88.1 cm³/mol. The molecular formula is C16H18N2O3S. The molecule has 0 bridgehead atoms. The molecule has 1 aliphatic rings. The number of hydrogen-bond donors (Lipinski definition) is 2. The Morgan fingerprint density at radius 1 is 1.14 bits per heavy atom. The summed E-state index contributed by atoms with van der Waals surface area (Å²) >= 11 is 0. The fourth-order valence-electron chi connectivity index (χ4n) is 2.87. The molecular weight excluding hydrogens is 300 g/mol. The standard InChI is InChI=1S/C16H18N2O3S/c1-22(20,21)10-9-17-16(19)18-14-8-7-12-6-5-11-3-2-4-13(14)15(11)12/h2-4,7-8H,5-6,9-10H2,1H3,(H2,17,18,19). The molecule has 6 heteroatoms. The smallest absolute Gasteiger partial charge is 0.319 e.